The van der Waals surface area contributed by atoms with Gasteiger partial charge in [0.25, 0.3) is 5.91 Å². The van der Waals surface area contributed by atoms with Crippen molar-refractivity contribution in [3.8, 4) is 10.6 Å². The number of nitrogens with zero attached hydrogens (tertiary/aromatic N) is 3. The van der Waals surface area contributed by atoms with Gasteiger partial charge in [0.15, 0.2) is 0 Å². The molecule has 0 spiro atoms. The van der Waals surface area contributed by atoms with Crippen molar-refractivity contribution in [2.75, 3.05) is 0 Å². The normalized spacial score (nSPS) is 17.0. The highest BCUT2D eigenvalue weighted by Gasteiger charge is 2.22. The van der Waals surface area contributed by atoms with E-state index in [0.717, 1.165) is 41.5 Å². The number of rotatable bonds is 3. The van der Waals surface area contributed by atoms with Gasteiger partial charge >= 0.3 is 0 Å². The van der Waals surface area contributed by atoms with Crippen molar-refractivity contribution in [2.24, 2.45) is 0 Å². The van der Waals surface area contributed by atoms with Crippen molar-refractivity contribution in [1.29, 1.82) is 0 Å². The molecular formula is C16H16N4OS2. The number of fused-ring (bicyclic) bond motifs is 1. The summed E-state index contributed by atoms with van der Waals surface area (Å²) in [5.41, 5.74) is 2.62. The second-order valence-electron chi connectivity index (χ2n) is 5.71. The molecule has 1 aliphatic rings. The van der Waals surface area contributed by atoms with Crippen molar-refractivity contribution in [3.63, 3.8) is 0 Å². The fraction of sp³-hybridized carbons (Fsp3) is 0.312. The van der Waals surface area contributed by atoms with E-state index in [0.29, 0.717) is 5.69 Å². The smallest absolute Gasteiger partial charge is 0.271 e. The average Bonchev–Trinajstić information content (AvgIpc) is 3.26. The van der Waals surface area contributed by atoms with Crippen LogP contribution in [0.3, 0.4) is 0 Å². The maximum Gasteiger partial charge on any atom is 0.271 e. The molecule has 3 aromatic heterocycles. The third-order valence-corrected chi connectivity index (χ3v) is 5.53. The highest BCUT2D eigenvalue weighted by Crippen LogP contribution is 2.25. The molecule has 0 fully saturated rings. The van der Waals surface area contributed by atoms with Crippen LogP contribution in [0.25, 0.3) is 10.6 Å². The van der Waals surface area contributed by atoms with Gasteiger partial charge in [-0.1, -0.05) is 0 Å². The maximum atomic E-state index is 12.4. The van der Waals surface area contributed by atoms with Crippen molar-refractivity contribution in [3.05, 3.63) is 45.6 Å². The molecule has 0 saturated carbocycles. The monoisotopic (exact) mass is 344 g/mol. The van der Waals surface area contributed by atoms with Gasteiger partial charge in [-0.3, -0.25) is 4.79 Å². The first-order chi connectivity index (χ1) is 11.2. The maximum absolute atomic E-state index is 12.4. The standard InChI is InChI=1S/C16H16N4OS2/c1-10-6-20-7-12(2-3-14(20)17-10)18-15(21)13-9-23-16(19-13)11-4-5-22-8-11/h4-6,8-9,12H,2-3,7H2,1H3,(H,18,21)/t12-/m0/s1. The van der Waals surface area contributed by atoms with Gasteiger partial charge in [-0.05, 0) is 24.8 Å². The number of carbonyl (C=O) groups excluding carboxylic acids is 1. The van der Waals surface area contributed by atoms with Crippen LogP contribution >= 0.6 is 22.7 Å². The highest BCUT2D eigenvalue weighted by atomic mass is 32.1. The molecule has 0 bridgehead atoms. The molecule has 0 radical (unpaired) electrons. The molecule has 0 unspecified atom stereocenters. The molecule has 1 amide bonds. The minimum atomic E-state index is -0.0898. The zero-order chi connectivity index (χ0) is 15.8. The molecule has 3 aromatic rings. The second-order valence-corrected chi connectivity index (χ2v) is 7.35. The van der Waals surface area contributed by atoms with E-state index in [1.807, 2.05) is 35.3 Å². The summed E-state index contributed by atoms with van der Waals surface area (Å²) in [6.07, 6.45) is 3.87. The number of hydrogen-bond donors (Lipinski definition) is 1. The molecule has 1 aliphatic heterocycles. The van der Waals surface area contributed by atoms with Crippen molar-refractivity contribution >= 4 is 28.6 Å². The van der Waals surface area contributed by atoms with Gasteiger partial charge in [0.05, 0.1) is 5.69 Å². The van der Waals surface area contributed by atoms with E-state index < -0.39 is 0 Å². The van der Waals surface area contributed by atoms with Crippen LogP contribution in [0.15, 0.2) is 28.4 Å². The first-order valence-corrected chi connectivity index (χ1v) is 9.33. The van der Waals surface area contributed by atoms with E-state index in [2.05, 4.69) is 19.9 Å². The van der Waals surface area contributed by atoms with Crippen LogP contribution in [0, 0.1) is 6.92 Å². The number of carbonyl (C=O) groups is 1. The third-order valence-electron chi connectivity index (χ3n) is 3.95. The van der Waals surface area contributed by atoms with Crippen LogP contribution in [0.2, 0.25) is 0 Å². The van der Waals surface area contributed by atoms with Crippen LogP contribution in [-0.4, -0.2) is 26.5 Å². The lowest BCUT2D eigenvalue weighted by molar-refractivity contribution is 0.0923. The Balaban J connectivity index is 1.44. The van der Waals surface area contributed by atoms with Gasteiger partial charge in [0.2, 0.25) is 0 Å². The molecular weight excluding hydrogens is 328 g/mol. The zero-order valence-electron chi connectivity index (χ0n) is 12.7. The SMILES string of the molecule is Cc1cn2c(n1)CC[C@H](NC(=O)c1csc(-c3ccsc3)n1)C2. The van der Waals surface area contributed by atoms with Gasteiger partial charge < -0.3 is 9.88 Å². The Morgan fingerprint density at radius 1 is 1.39 bits per heavy atom. The molecule has 5 nitrogen and oxygen atoms in total. The van der Waals surface area contributed by atoms with Gasteiger partial charge in [0, 0.05) is 41.5 Å². The second kappa shape index (κ2) is 5.90. The van der Waals surface area contributed by atoms with Gasteiger partial charge in [0.1, 0.15) is 16.5 Å². The predicted octanol–water partition coefficient (Wildman–Crippen LogP) is 3.12. The lowest BCUT2D eigenvalue weighted by Gasteiger charge is -2.24. The van der Waals surface area contributed by atoms with Crippen molar-refractivity contribution in [2.45, 2.75) is 32.4 Å². The van der Waals surface area contributed by atoms with E-state index in [-0.39, 0.29) is 11.9 Å². The van der Waals surface area contributed by atoms with Crippen LogP contribution in [0.1, 0.15) is 28.4 Å². The number of nitrogens with one attached hydrogen (secondary N) is 1. The molecule has 23 heavy (non-hydrogen) atoms. The number of amides is 1. The topological polar surface area (TPSA) is 59.8 Å². The van der Waals surface area contributed by atoms with Gasteiger partial charge in [-0.2, -0.15) is 11.3 Å². The Hall–Kier alpha value is -1.99. The third kappa shape index (κ3) is 2.94. The Bertz CT molecular complexity index is 834. The van der Waals surface area contributed by atoms with E-state index in [9.17, 15) is 4.79 Å². The summed E-state index contributed by atoms with van der Waals surface area (Å²) in [7, 11) is 0. The van der Waals surface area contributed by atoms with E-state index in [4.69, 9.17) is 0 Å². The largest absolute Gasteiger partial charge is 0.346 e. The fourth-order valence-electron chi connectivity index (χ4n) is 2.86. The lowest BCUT2D eigenvalue weighted by Crippen LogP contribution is -2.41. The summed E-state index contributed by atoms with van der Waals surface area (Å²) < 4.78 is 2.14. The summed E-state index contributed by atoms with van der Waals surface area (Å²) in [5.74, 6) is 1.02. The first-order valence-electron chi connectivity index (χ1n) is 7.50. The summed E-state index contributed by atoms with van der Waals surface area (Å²) in [4.78, 5) is 21.4. The van der Waals surface area contributed by atoms with Crippen molar-refractivity contribution in [1.82, 2.24) is 19.9 Å². The van der Waals surface area contributed by atoms with E-state index in [1.54, 1.807) is 11.3 Å². The molecule has 118 valence electrons. The van der Waals surface area contributed by atoms with Crippen LogP contribution < -0.4 is 5.32 Å². The van der Waals surface area contributed by atoms with E-state index >= 15 is 0 Å². The molecule has 4 rings (SSSR count). The number of aryl methyl sites for hydroxylation is 2. The predicted molar refractivity (Wildman–Crippen MR) is 92.0 cm³/mol. The summed E-state index contributed by atoms with van der Waals surface area (Å²) >= 11 is 3.14. The Kier molecular flexibility index (Phi) is 3.74. The molecule has 1 N–H and O–H groups in total. The number of thiazole rings is 1. The quantitative estimate of drug-likeness (QED) is 0.794. The molecule has 0 saturated heterocycles. The number of thiophene rings is 1. The Labute approximate surface area is 142 Å². The Morgan fingerprint density at radius 2 is 2.30 bits per heavy atom. The lowest BCUT2D eigenvalue weighted by atomic mass is 10.1. The summed E-state index contributed by atoms with van der Waals surface area (Å²) in [6, 6.07) is 2.16. The van der Waals surface area contributed by atoms with E-state index in [1.165, 1.54) is 11.3 Å². The molecule has 4 heterocycles. The molecule has 0 aromatic carbocycles. The van der Waals surface area contributed by atoms with Crippen LogP contribution in [0.4, 0.5) is 0 Å². The number of hydrogen-bond acceptors (Lipinski definition) is 5. The van der Waals surface area contributed by atoms with Crippen molar-refractivity contribution < 1.29 is 4.79 Å². The van der Waals surface area contributed by atoms with Crippen LogP contribution in [0.5, 0.6) is 0 Å². The average molecular weight is 344 g/mol. The minimum Gasteiger partial charge on any atom is -0.346 e. The zero-order valence-corrected chi connectivity index (χ0v) is 14.3. The number of aromatic nitrogens is 3. The van der Waals surface area contributed by atoms with Crippen LogP contribution in [-0.2, 0) is 13.0 Å². The van der Waals surface area contributed by atoms with Gasteiger partial charge in [-0.15, -0.1) is 11.3 Å². The highest BCUT2D eigenvalue weighted by molar-refractivity contribution is 7.14. The molecule has 0 aliphatic carbocycles. The summed E-state index contributed by atoms with van der Waals surface area (Å²) in [6.45, 7) is 2.78. The molecule has 7 heteroatoms. The van der Waals surface area contributed by atoms with Gasteiger partial charge in [-0.25, -0.2) is 9.97 Å². The first kappa shape index (κ1) is 14.6. The fourth-order valence-corrected chi connectivity index (χ4v) is 4.37. The summed E-state index contributed by atoms with van der Waals surface area (Å²) in [5, 5.41) is 9.89. The molecule has 1 atom stereocenters. The Morgan fingerprint density at radius 3 is 3.13 bits per heavy atom. The number of imidazole rings is 1. The minimum absolute atomic E-state index is 0.0898.